The lowest BCUT2D eigenvalue weighted by Crippen LogP contribution is -2.09. The first-order valence-corrected chi connectivity index (χ1v) is 6.45. The Balaban J connectivity index is 2.25. The predicted octanol–water partition coefficient (Wildman–Crippen LogP) is 3.63. The highest BCUT2D eigenvalue weighted by atomic mass is 16.5. The zero-order chi connectivity index (χ0) is 13.5. The molecule has 0 fully saturated rings. The summed E-state index contributed by atoms with van der Waals surface area (Å²) in [5.74, 6) is 0.134. The minimum atomic E-state index is -0.315. The van der Waals surface area contributed by atoms with Gasteiger partial charge in [-0.25, -0.2) is 4.79 Å². The van der Waals surface area contributed by atoms with Gasteiger partial charge < -0.3 is 4.74 Å². The van der Waals surface area contributed by atoms with E-state index < -0.39 is 0 Å². The lowest BCUT2D eigenvalue weighted by Gasteiger charge is -2.21. The van der Waals surface area contributed by atoms with Crippen LogP contribution in [-0.2, 0) is 9.53 Å². The zero-order valence-electron chi connectivity index (χ0n) is 11.0. The van der Waals surface area contributed by atoms with Gasteiger partial charge in [0.15, 0.2) is 0 Å². The normalized spacial score (nSPS) is 16.7. The predicted molar refractivity (Wildman–Crippen MR) is 76.7 cm³/mol. The molecule has 1 aliphatic rings. The van der Waals surface area contributed by atoms with Gasteiger partial charge in [0.1, 0.15) is 0 Å². The van der Waals surface area contributed by atoms with E-state index in [4.69, 9.17) is 0 Å². The van der Waals surface area contributed by atoms with Gasteiger partial charge in [-0.3, -0.25) is 0 Å². The van der Waals surface area contributed by atoms with E-state index in [1.165, 1.54) is 18.7 Å². The second-order valence-corrected chi connectivity index (χ2v) is 4.49. The van der Waals surface area contributed by atoms with Crippen molar-refractivity contribution in [2.75, 3.05) is 7.11 Å². The standard InChI is InChI=1S/C17H18O2/c1-19-17(18)13-12-16(14-8-4-2-5-9-14)15-10-6-3-7-11-15/h2,4-13,15-16H,3H2,1H3/b13-12+/t16-/m1/s1. The Kier molecular flexibility index (Phi) is 4.73. The largest absolute Gasteiger partial charge is 0.466 e. The lowest BCUT2D eigenvalue weighted by atomic mass is 9.83. The second-order valence-electron chi connectivity index (χ2n) is 4.49. The van der Waals surface area contributed by atoms with E-state index in [-0.39, 0.29) is 17.8 Å². The molecular weight excluding hydrogens is 236 g/mol. The van der Waals surface area contributed by atoms with E-state index in [0.29, 0.717) is 0 Å². The van der Waals surface area contributed by atoms with Crippen LogP contribution in [0.1, 0.15) is 17.9 Å². The molecule has 1 aromatic rings. The second kappa shape index (κ2) is 6.74. The van der Waals surface area contributed by atoms with Gasteiger partial charge in [-0.15, -0.1) is 0 Å². The van der Waals surface area contributed by atoms with Crippen LogP contribution in [0.4, 0.5) is 0 Å². The average Bonchev–Trinajstić information content (AvgIpc) is 2.49. The van der Waals surface area contributed by atoms with Gasteiger partial charge in [-0.2, -0.15) is 0 Å². The highest BCUT2D eigenvalue weighted by molar-refractivity contribution is 5.81. The fourth-order valence-electron chi connectivity index (χ4n) is 2.24. The summed E-state index contributed by atoms with van der Waals surface area (Å²) in [4.78, 5) is 11.3. The molecule has 1 aromatic carbocycles. The summed E-state index contributed by atoms with van der Waals surface area (Å²) in [6.07, 6.45) is 13.1. The van der Waals surface area contributed by atoms with Gasteiger partial charge in [-0.05, 0) is 12.0 Å². The molecule has 0 saturated carbocycles. The van der Waals surface area contributed by atoms with E-state index in [2.05, 4.69) is 41.2 Å². The molecule has 19 heavy (non-hydrogen) atoms. The van der Waals surface area contributed by atoms with Crippen LogP contribution in [0.3, 0.4) is 0 Å². The maximum atomic E-state index is 11.3. The zero-order valence-corrected chi connectivity index (χ0v) is 11.0. The molecule has 1 aliphatic carbocycles. The summed E-state index contributed by atoms with van der Waals surface area (Å²) in [5.41, 5.74) is 1.20. The van der Waals surface area contributed by atoms with Gasteiger partial charge in [0.25, 0.3) is 0 Å². The van der Waals surface area contributed by atoms with Crippen molar-refractivity contribution in [3.63, 3.8) is 0 Å². The van der Waals surface area contributed by atoms with Crippen LogP contribution in [0.25, 0.3) is 0 Å². The van der Waals surface area contributed by atoms with E-state index >= 15 is 0 Å². The fraction of sp³-hybridized carbons (Fsp3) is 0.235. The highest BCUT2D eigenvalue weighted by Crippen LogP contribution is 2.30. The van der Waals surface area contributed by atoms with Crippen molar-refractivity contribution < 1.29 is 9.53 Å². The minimum absolute atomic E-state index is 0.160. The van der Waals surface area contributed by atoms with Crippen molar-refractivity contribution in [1.29, 1.82) is 0 Å². The Morgan fingerprint density at radius 2 is 1.95 bits per heavy atom. The van der Waals surface area contributed by atoms with E-state index in [1.807, 2.05) is 24.3 Å². The number of rotatable bonds is 4. The Labute approximate surface area is 114 Å². The molecule has 0 saturated heterocycles. The number of methoxy groups -OCH3 is 1. The molecule has 1 atom stereocenters. The number of hydrogen-bond donors (Lipinski definition) is 0. The van der Waals surface area contributed by atoms with E-state index in [0.717, 1.165) is 6.42 Å². The quantitative estimate of drug-likeness (QED) is 0.466. The molecule has 0 bridgehead atoms. The van der Waals surface area contributed by atoms with Gasteiger partial charge in [0.2, 0.25) is 0 Å². The van der Waals surface area contributed by atoms with Crippen LogP contribution in [0.2, 0.25) is 0 Å². The molecular formula is C17H18O2. The molecule has 0 aromatic heterocycles. The maximum Gasteiger partial charge on any atom is 0.330 e. The lowest BCUT2D eigenvalue weighted by molar-refractivity contribution is -0.134. The molecule has 2 rings (SSSR count). The Hall–Kier alpha value is -2.09. The fourth-order valence-corrected chi connectivity index (χ4v) is 2.24. The van der Waals surface area contributed by atoms with Crippen LogP contribution in [0.15, 0.2) is 66.8 Å². The van der Waals surface area contributed by atoms with Crippen LogP contribution in [0.5, 0.6) is 0 Å². The third-order valence-electron chi connectivity index (χ3n) is 3.23. The molecule has 2 heteroatoms. The third-order valence-corrected chi connectivity index (χ3v) is 3.23. The summed E-state index contributed by atoms with van der Waals surface area (Å²) in [6.45, 7) is 0. The number of esters is 1. The average molecular weight is 254 g/mol. The van der Waals surface area contributed by atoms with E-state index in [1.54, 1.807) is 0 Å². The summed E-state index contributed by atoms with van der Waals surface area (Å²) >= 11 is 0. The first-order chi connectivity index (χ1) is 9.31. The summed E-state index contributed by atoms with van der Waals surface area (Å²) in [6, 6.07) is 10.2. The first kappa shape index (κ1) is 13.3. The topological polar surface area (TPSA) is 26.3 Å². The number of hydrogen-bond acceptors (Lipinski definition) is 2. The number of benzene rings is 1. The smallest absolute Gasteiger partial charge is 0.330 e. The van der Waals surface area contributed by atoms with Crippen molar-refractivity contribution in [3.05, 3.63) is 72.4 Å². The minimum Gasteiger partial charge on any atom is -0.466 e. The molecule has 0 heterocycles. The van der Waals surface area contributed by atoms with E-state index in [9.17, 15) is 4.79 Å². The van der Waals surface area contributed by atoms with Gasteiger partial charge in [-0.1, -0.05) is 60.7 Å². The maximum absolute atomic E-state index is 11.3. The van der Waals surface area contributed by atoms with Crippen LogP contribution in [-0.4, -0.2) is 13.1 Å². The van der Waals surface area contributed by atoms with Crippen molar-refractivity contribution >= 4 is 5.97 Å². The molecule has 0 N–H and O–H groups in total. The van der Waals surface area contributed by atoms with Gasteiger partial charge in [0.05, 0.1) is 7.11 Å². The molecule has 0 spiro atoms. The number of allylic oxidation sites excluding steroid dienone is 5. The van der Waals surface area contributed by atoms with Crippen molar-refractivity contribution in [1.82, 2.24) is 0 Å². The summed E-state index contributed by atoms with van der Waals surface area (Å²) < 4.78 is 4.66. The highest BCUT2D eigenvalue weighted by Gasteiger charge is 2.17. The molecule has 0 radical (unpaired) electrons. The summed E-state index contributed by atoms with van der Waals surface area (Å²) in [7, 11) is 1.39. The molecule has 0 amide bonds. The van der Waals surface area contributed by atoms with Gasteiger partial charge in [0, 0.05) is 17.9 Å². The summed E-state index contributed by atoms with van der Waals surface area (Å²) in [5, 5.41) is 0. The molecule has 98 valence electrons. The Morgan fingerprint density at radius 3 is 2.58 bits per heavy atom. The van der Waals surface area contributed by atoms with Crippen LogP contribution in [0, 0.1) is 5.92 Å². The monoisotopic (exact) mass is 254 g/mol. The first-order valence-electron chi connectivity index (χ1n) is 6.45. The van der Waals surface area contributed by atoms with Crippen molar-refractivity contribution in [2.45, 2.75) is 12.3 Å². The molecule has 2 nitrogen and oxygen atoms in total. The van der Waals surface area contributed by atoms with Crippen molar-refractivity contribution in [2.24, 2.45) is 5.92 Å². The number of carbonyl (C=O) groups excluding carboxylic acids is 1. The third kappa shape index (κ3) is 3.68. The Morgan fingerprint density at radius 1 is 1.26 bits per heavy atom. The molecule has 0 unspecified atom stereocenters. The molecule has 0 aliphatic heterocycles. The van der Waals surface area contributed by atoms with Crippen LogP contribution >= 0.6 is 0 Å². The number of carbonyl (C=O) groups is 1. The van der Waals surface area contributed by atoms with Crippen LogP contribution < -0.4 is 0 Å². The number of ether oxygens (including phenoxy) is 1. The van der Waals surface area contributed by atoms with Gasteiger partial charge >= 0.3 is 5.97 Å². The SMILES string of the molecule is COC(=O)/C=C/[C@H](c1ccccc1)C1C=CCC=C1. The van der Waals surface area contributed by atoms with Crippen molar-refractivity contribution in [3.8, 4) is 0 Å². The Bertz CT molecular complexity index is 485.